The molecule has 2 heterocycles. The van der Waals surface area contributed by atoms with Gasteiger partial charge < -0.3 is 0 Å². The molecule has 31 heavy (non-hydrogen) atoms. The van der Waals surface area contributed by atoms with Crippen LogP contribution >= 0.6 is 0 Å². The number of rotatable bonds is 4. The van der Waals surface area contributed by atoms with Crippen LogP contribution in [-0.2, 0) is 16.0 Å². The van der Waals surface area contributed by atoms with Crippen molar-refractivity contribution in [3.8, 4) is 11.5 Å². The summed E-state index contributed by atoms with van der Waals surface area (Å²) in [6.45, 7) is 0. The fraction of sp³-hybridized carbons (Fsp3) is 0.273. The van der Waals surface area contributed by atoms with E-state index in [4.69, 9.17) is 9.47 Å². The molecule has 0 bridgehead atoms. The Morgan fingerprint density at radius 2 is 1.45 bits per heavy atom. The van der Waals surface area contributed by atoms with E-state index in [0.29, 0.717) is 17.9 Å². The van der Waals surface area contributed by atoms with Gasteiger partial charge in [-0.15, -0.1) is 0 Å². The summed E-state index contributed by atoms with van der Waals surface area (Å²) in [5.41, 5.74) is 6.47. The maximum absolute atomic E-state index is 13.4. The van der Waals surface area contributed by atoms with Crippen molar-refractivity contribution in [2.75, 3.05) is 14.2 Å². The van der Waals surface area contributed by atoms with Crippen LogP contribution in [0.2, 0.25) is 0 Å². The predicted molar refractivity (Wildman–Crippen MR) is 112 cm³/mol. The van der Waals surface area contributed by atoms with Gasteiger partial charge in [0.25, 0.3) is 0 Å². The van der Waals surface area contributed by atoms with E-state index in [9.17, 15) is 9.59 Å². The third-order valence-electron chi connectivity index (χ3n) is 6.26. The Labute approximate surface area is 184 Å². The molecule has 2 atom stereocenters. The van der Waals surface area contributed by atoms with Crippen LogP contribution in [0.5, 0.6) is 11.5 Å². The molecule has 2 N–H and O–H groups in total. The van der Waals surface area contributed by atoms with Crippen LogP contribution in [0.15, 0.2) is 48.5 Å². The first-order valence-electron chi connectivity index (χ1n) is 9.79. The van der Waals surface area contributed by atoms with E-state index in [0.717, 1.165) is 21.3 Å². The Hall–Kier alpha value is -3.16. The minimum atomic E-state index is -1.33. The number of carbonyl (C=O) groups excluding carboxylic acids is 2. The number of nitrogens with one attached hydrogen (secondary N) is 2. The molecule has 1 saturated heterocycles. The van der Waals surface area contributed by atoms with Crippen molar-refractivity contribution >= 4 is 26.5 Å². The molecule has 3 aromatic rings. The molecule has 2 amide bonds. The van der Waals surface area contributed by atoms with E-state index in [1.54, 1.807) is 14.2 Å². The van der Waals surface area contributed by atoms with Gasteiger partial charge in [-0.25, -0.2) is 0 Å². The number of fused-ring (bicyclic) bond motifs is 1. The van der Waals surface area contributed by atoms with E-state index >= 15 is 0 Å². The molecule has 1 fully saturated rings. The van der Waals surface area contributed by atoms with Crippen LogP contribution < -0.4 is 20.3 Å². The van der Waals surface area contributed by atoms with Gasteiger partial charge in [0.2, 0.25) is 0 Å². The third kappa shape index (κ3) is 2.88. The van der Waals surface area contributed by atoms with Gasteiger partial charge in [0.1, 0.15) is 0 Å². The number of hydrogen-bond donors (Lipinski definition) is 2. The van der Waals surface area contributed by atoms with Gasteiger partial charge in [-0.2, -0.15) is 0 Å². The molecule has 2 aromatic carbocycles. The van der Waals surface area contributed by atoms with E-state index in [1.807, 2.05) is 48.5 Å². The van der Waals surface area contributed by atoms with E-state index in [-0.39, 0.29) is 26.5 Å². The second kappa shape index (κ2) is 7.51. The molecule has 1 aromatic heterocycles. The first kappa shape index (κ1) is 19.8. The standard InChI is InChI=1S/C22H20N4O4Se/c1-29-14-7-3-12(4-8-14)16-11-17-19(31-26-23-17)18(13-5-9-15(30-2)10-6-13)22(16)20(27)24-25-21(22)28/h3-10,16,18H,11H2,1-2H3,(H,24,27)(H,25,28). The van der Waals surface area contributed by atoms with Crippen molar-refractivity contribution in [3.63, 3.8) is 0 Å². The summed E-state index contributed by atoms with van der Waals surface area (Å²) in [7, 11) is 3.21. The Balaban J connectivity index is 1.74. The van der Waals surface area contributed by atoms with Crippen LogP contribution in [0.3, 0.4) is 0 Å². The summed E-state index contributed by atoms with van der Waals surface area (Å²) < 4.78 is 15.9. The van der Waals surface area contributed by atoms with Gasteiger partial charge in [0, 0.05) is 0 Å². The average molecular weight is 483 g/mol. The summed E-state index contributed by atoms with van der Waals surface area (Å²) in [5.74, 6) is -0.0984. The molecule has 8 nitrogen and oxygen atoms in total. The summed E-state index contributed by atoms with van der Waals surface area (Å²) in [6.07, 6.45) is 0.473. The monoisotopic (exact) mass is 484 g/mol. The zero-order valence-corrected chi connectivity index (χ0v) is 18.6. The zero-order valence-electron chi connectivity index (χ0n) is 16.9. The number of ether oxygens (including phenoxy) is 2. The molecule has 5 rings (SSSR count). The van der Waals surface area contributed by atoms with Crippen LogP contribution in [0, 0.1) is 5.41 Å². The quantitative estimate of drug-likeness (QED) is 0.427. The number of hydrogen-bond acceptors (Lipinski definition) is 6. The minimum absolute atomic E-state index is 0.263. The number of benzene rings is 2. The molecular formula is C22H20N4O4Se. The van der Waals surface area contributed by atoms with E-state index < -0.39 is 17.3 Å². The fourth-order valence-electron chi connectivity index (χ4n) is 4.77. The van der Waals surface area contributed by atoms with Crippen molar-refractivity contribution in [1.82, 2.24) is 20.0 Å². The van der Waals surface area contributed by atoms with Crippen molar-refractivity contribution < 1.29 is 19.1 Å². The first-order chi connectivity index (χ1) is 15.1. The molecule has 9 heteroatoms. The van der Waals surface area contributed by atoms with Crippen LogP contribution in [0.1, 0.15) is 33.1 Å². The third-order valence-corrected chi connectivity index (χ3v) is 8.00. The van der Waals surface area contributed by atoms with Crippen molar-refractivity contribution in [2.24, 2.45) is 5.41 Å². The van der Waals surface area contributed by atoms with Crippen LogP contribution in [0.4, 0.5) is 0 Å². The SMILES string of the molecule is COc1ccc(C2Cc3nn[se]c3C(c3ccc(OC)cc3)C23C(=O)NNC3=O)cc1. The van der Waals surface area contributed by atoms with Crippen LogP contribution in [0.25, 0.3) is 0 Å². The van der Waals surface area contributed by atoms with Crippen molar-refractivity contribution in [1.29, 1.82) is 0 Å². The first-order valence-corrected chi connectivity index (χ1v) is 11.4. The average Bonchev–Trinajstić information content (AvgIpc) is 3.39. The summed E-state index contributed by atoms with van der Waals surface area (Å²) >= 11 is -0.263. The number of carbonyl (C=O) groups is 2. The van der Waals surface area contributed by atoms with Gasteiger partial charge in [-0.1, -0.05) is 0 Å². The molecule has 0 radical (unpaired) electrons. The Kier molecular flexibility index (Phi) is 4.79. The molecule has 1 aliphatic carbocycles. The van der Waals surface area contributed by atoms with Crippen LogP contribution in [-0.4, -0.2) is 50.0 Å². The number of methoxy groups -OCH3 is 2. The van der Waals surface area contributed by atoms with E-state index in [1.165, 1.54) is 0 Å². The van der Waals surface area contributed by atoms with Crippen molar-refractivity contribution in [3.05, 3.63) is 69.8 Å². The molecular weight excluding hydrogens is 463 g/mol. The van der Waals surface area contributed by atoms with Gasteiger partial charge in [0.15, 0.2) is 0 Å². The summed E-state index contributed by atoms with van der Waals surface area (Å²) in [6, 6.07) is 15.1. The summed E-state index contributed by atoms with van der Waals surface area (Å²) in [5, 5.41) is 4.40. The normalized spacial score (nSPS) is 21.4. The second-order valence-electron chi connectivity index (χ2n) is 7.60. The van der Waals surface area contributed by atoms with Gasteiger partial charge >= 0.3 is 185 Å². The molecule has 2 unspecified atom stereocenters. The fourth-order valence-corrected chi connectivity index (χ4v) is 6.62. The van der Waals surface area contributed by atoms with Gasteiger partial charge in [-0.05, 0) is 0 Å². The second-order valence-corrected chi connectivity index (χ2v) is 9.25. The summed E-state index contributed by atoms with van der Waals surface area (Å²) in [4.78, 5) is 26.9. The molecule has 158 valence electrons. The Morgan fingerprint density at radius 1 is 0.903 bits per heavy atom. The topological polar surface area (TPSA) is 102 Å². The van der Waals surface area contributed by atoms with Crippen molar-refractivity contribution in [2.45, 2.75) is 18.3 Å². The number of amides is 2. The molecule has 1 spiro atoms. The van der Waals surface area contributed by atoms with Gasteiger partial charge in [-0.3, -0.25) is 0 Å². The molecule has 1 aliphatic heterocycles. The Bertz CT molecular complexity index is 1130. The van der Waals surface area contributed by atoms with Gasteiger partial charge in [0.05, 0.1) is 0 Å². The van der Waals surface area contributed by atoms with E-state index in [2.05, 4.69) is 20.0 Å². The number of nitrogens with zero attached hydrogens (tertiary/aromatic N) is 2. The zero-order chi connectivity index (χ0) is 21.6. The molecule has 2 aliphatic rings. The molecule has 0 saturated carbocycles. The Morgan fingerprint density at radius 3 is 2.00 bits per heavy atom. The number of aromatic nitrogens is 2. The predicted octanol–water partition coefficient (Wildman–Crippen LogP) is 1.17. The maximum atomic E-state index is 13.4. The number of hydrazine groups is 1.